The van der Waals surface area contributed by atoms with Crippen LogP contribution in [0.2, 0.25) is 0 Å². The smallest absolute Gasteiger partial charge is 0.243 e. The highest BCUT2D eigenvalue weighted by molar-refractivity contribution is 5.83. The second-order valence-corrected chi connectivity index (χ2v) is 5.41. The number of carbonyl (C=O) groups is 1. The van der Waals surface area contributed by atoms with Crippen molar-refractivity contribution in [3.05, 3.63) is 29.4 Å². The van der Waals surface area contributed by atoms with Gasteiger partial charge in [0.25, 0.3) is 0 Å². The molecule has 2 aliphatic heterocycles. The zero-order valence-electron chi connectivity index (χ0n) is 11.6. The van der Waals surface area contributed by atoms with Crippen molar-refractivity contribution >= 4 is 5.91 Å². The summed E-state index contributed by atoms with van der Waals surface area (Å²) in [5.41, 5.74) is 1.84. The van der Waals surface area contributed by atoms with Crippen LogP contribution in [0.15, 0.2) is 6.33 Å². The van der Waals surface area contributed by atoms with Gasteiger partial charge in [-0.25, -0.2) is 4.98 Å². The molecule has 1 unspecified atom stereocenters. The van der Waals surface area contributed by atoms with Crippen molar-refractivity contribution in [3.63, 3.8) is 0 Å². The molecule has 0 radical (unpaired) electrons. The molecule has 0 bridgehead atoms. The Hall–Kier alpha value is -2.22. The predicted molar refractivity (Wildman–Crippen MR) is 73.2 cm³/mol. The van der Waals surface area contributed by atoms with Crippen molar-refractivity contribution in [2.75, 3.05) is 6.54 Å². The quantitative estimate of drug-likeness (QED) is 0.703. The van der Waals surface area contributed by atoms with Crippen LogP contribution < -0.4 is 10.6 Å². The van der Waals surface area contributed by atoms with Gasteiger partial charge in [-0.2, -0.15) is 0 Å². The minimum absolute atomic E-state index is 0.0709. The summed E-state index contributed by atoms with van der Waals surface area (Å²) >= 11 is 0. The predicted octanol–water partition coefficient (Wildman–Crippen LogP) is -0.549. The van der Waals surface area contributed by atoms with Gasteiger partial charge in [-0.1, -0.05) is 0 Å². The van der Waals surface area contributed by atoms with Crippen molar-refractivity contribution in [2.24, 2.45) is 0 Å². The number of aromatic amines is 1. The Morgan fingerprint density at radius 2 is 2.38 bits per heavy atom. The summed E-state index contributed by atoms with van der Waals surface area (Å²) in [6, 6.07) is -0.388. The van der Waals surface area contributed by atoms with Crippen molar-refractivity contribution in [1.82, 2.24) is 35.4 Å². The summed E-state index contributed by atoms with van der Waals surface area (Å²) in [6.45, 7) is 2.12. The van der Waals surface area contributed by atoms with Crippen molar-refractivity contribution in [1.29, 1.82) is 0 Å². The van der Waals surface area contributed by atoms with E-state index in [-0.39, 0.29) is 11.9 Å². The van der Waals surface area contributed by atoms with Crippen LogP contribution in [0.25, 0.3) is 0 Å². The third-order valence-electron chi connectivity index (χ3n) is 4.12. The van der Waals surface area contributed by atoms with Gasteiger partial charge in [0.2, 0.25) is 5.91 Å². The SMILES string of the molecule is O=C(NCc1nnc2n1CCC2)C1NCCc2[nH]cnc21. The first-order valence-corrected chi connectivity index (χ1v) is 7.27. The lowest BCUT2D eigenvalue weighted by Crippen LogP contribution is -2.41. The highest BCUT2D eigenvalue weighted by atomic mass is 16.2. The molecule has 3 N–H and O–H groups in total. The molecule has 2 aliphatic rings. The molecule has 0 aromatic carbocycles. The summed E-state index contributed by atoms with van der Waals surface area (Å²) in [5.74, 6) is 1.77. The minimum Gasteiger partial charge on any atom is -0.348 e. The summed E-state index contributed by atoms with van der Waals surface area (Å²) < 4.78 is 2.09. The van der Waals surface area contributed by atoms with Gasteiger partial charge in [0.1, 0.15) is 11.9 Å². The maximum absolute atomic E-state index is 12.4. The number of carbonyl (C=O) groups excluding carboxylic acids is 1. The van der Waals surface area contributed by atoms with Crippen molar-refractivity contribution in [3.8, 4) is 0 Å². The van der Waals surface area contributed by atoms with E-state index in [9.17, 15) is 4.79 Å². The summed E-state index contributed by atoms with van der Waals surface area (Å²) in [5, 5.41) is 14.4. The fraction of sp³-hybridized carbons (Fsp3) is 0.538. The number of rotatable bonds is 3. The molecule has 1 atom stereocenters. The fourth-order valence-electron chi connectivity index (χ4n) is 3.05. The van der Waals surface area contributed by atoms with Crippen LogP contribution in [-0.2, 0) is 30.7 Å². The molecule has 8 nitrogen and oxygen atoms in total. The molecular weight excluding hydrogens is 270 g/mol. The first-order chi connectivity index (χ1) is 10.3. The Morgan fingerprint density at radius 1 is 1.43 bits per heavy atom. The molecule has 8 heteroatoms. The van der Waals surface area contributed by atoms with Crippen LogP contribution in [0.4, 0.5) is 0 Å². The van der Waals surface area contributed by atoms with Gasteiger partial charge in [0.05, 0.1) is 18.6 Å². The van der Waals surface area contributed by atoms with E-state index in [4.69, 9.17) is 0 Å². The van der Waals surface area contributed by atoms with Crippen LogP contribution in [0.1, 0.15) is 35.5 Å². The summed E-state index contributed by atoms with van der Waals surface area (Å²) in [7, 11) is 0. The van der Waals surface area contributed by atoms with E-state index in [1.54, 1.807) is 6.33 Å². The molecule has 2 aromatic rings. The Kier molecular flexibility index (Phi) is 2.95. The normalized spacial score (nSPS) is 20.1. The molecule has 110 valence electrons. The molecule has 21 heavy (non-hydrogen) atoms. The van der Waals surface area contributed by atoms with Crippen molar-refractivity contribution < 1.29 is 4.79 Å². The lowest BCUT2D eigenvalue weighted by Gasteiger charge is -2.22. The van der Waals surface area contributed by atoms with Gasteiger partial charge in [-0.3, -0.25) is 4.79 Å². The summed E-state index contributed by atoms with van der Waals surface area (Å²) in [4.78, 5) is 19.7. The number of aromatic nitrogens is 5. The molecular formula is C13H17N7O. The largest absolute Gasteiger partial charge is 0.348 e. The maximum atomic E-state index is 12.4. The first-order valence-electron chi connectivity index (χ1n) is 7.27. The Balaban J connectivity index is 1.45. The molecule has 0 saturated carbocycles. The zero-order valence-corrected chi connectivity index (χ0v) is 11.6. The lowest BCUT2D eigenvalue weighted by molar-refractivity contribution is -0.123. The Bertz CT molecular complexity index is 674. The van der Waals surface area contributed by atoms with E-state index in [1.165, 1.54) is 0 Å². The molecule has 0 fully saturated rings. The number of hydrogen-bond acceptors (Lipinski definition) is 5. The van der Waals surface area contributed by atoms with Crippen LogP contribution in [0.5, 0.6) is 0 Å². The van der Waals surface area contributed by atoms with E-state index >= 15 is 0 Å². The van der Waals surface area contributed by atoms with Crippen molar-refractivity contribution in [2.45, 2.75) is 38.4 Å². The highest BCUT2D eigenvalue weighted by Crippen LogP contribution is 2.19. The van der Waals surface area contributed by atoms with E-state index in [0.717, 1.165) is 55.4 Å². The van der Waals surface area contributed by atoms with Crippen LogP contribution in [-0.4, -0.2) is 37.2 Å². The third kappa shape index (κ3) is 2.11. The zero-order chi connectivity index (χ0) is 14.2. The number of imidazole rings is 1. The van der Waals surface area contributed by atoms with E-state index in [1.807, 2.05) is 0 Å². The van der Waals surface area contributed by atoms with Crippen LogP contribution in [0.3, 0.4) is 0 Å². The van der Waals surface area contributed by atoms with E-state index in [2.05, 4.69) is 35.4 Å². The molecule has 1 amide bonds. The van der Waals surface area contributed by atoms with E-state index in [0.29, 0.717) is 6.54 Å². The minimum atomic E-state index is -0.388. The average molecular weight is 287 g/mol. The lowest BCUT2D eigenvalue weighted by atomic mass is 10.1. The van der Waals surface area contributed by atoms with Gasteiger partial charge in [-0.05, 0) is 6.42 Å². The number of fused-ring (bicyclic) bond motifs is 2. The highest BCUT2D eigenvalue weighted by Gasteiger charge is 2.28. The first kappa shape index (κ1) is 12.5. The molecule has 4 heterocycles. The number of nitrogens with one attached hydrogen (secondary N) is 3. The van der Waals surface area contributed by atoms with Crippen LogP contribution in [0, 0.1) is 0 Å². The Morgan fingerprint density at radius 3 is 3.33 bits per heavy atom. The molecule has 0 saturated heterocycles. The molecule has 4 rings (SSSR count). The summed E-state index contributed by atoms with van der Waals surface area (Å²) in [6.07, 6.45) is 4.59. The molecule has 2 aromatic heterocycles. The van der Waals surface area contributed by atoms with Gasteiger partial charge < -0.3 is 20.2 Å². The molecule has 0 spiro atoms. The average Bonchev–Trinajstić information content (AvgIpc) is 3.20. The second kappa shape index (κ2) is 4.96. The maximum Gasteiger partial charge on any atom is 0.243 e. The van der Waals surface area contributed by atoms with Gasteiger partial charge >= 0.3 is 0 Å². The molecule has 0 aliphatic carbocycles. The number of aryl methyl sites for hydroxylation is 1. The van der Waals surface area contributed by atoms with Gasteiger partial charge in [-0.15, -0.1) is 10.2 Å². The number of H-pyrrole nitrogens is 1. The fourth-order valence-corrected chi connectivity index (χ4v) is 3.05. The monoisotopic (exact) mass is 287 g/mol. The van der Waals surface area contributed by atoms with Crippen LogP contribution >= 0.6 is 0 Å². The number of amides is 1. The number of nitrogens with zero attached hydrogens (tertiary/aromatic N) is 4. The van der Waals surface area contributed by atoms with Gasteiger partial charge in [0.15, 0.2) is 5.82 Å². The Labute approximate surface area is 121 Å². The topological polar surface area (TPSA) is 101 Å². The second-order valence-electron chi connectivity index (χ2n) is 5.41. The standard InChI is InChI=1S/C13H17N7O/c21-13(12-11-8(3-4-14-12)16-7-17-11)15-6-10-19-18-9-2-1-5-20(9)10/h7,12,14H,1-6H2,(H,15,21)(H,16,17). The van der Waals surface area contributed by atoms with Gasteiger partial charge in [0, 0.05) is 31.6 Å². The third-order valence-corrected chi connectivity index (χ3v) is 4.12. The van der Waals surface area contributed by atoms with E-state index < -0.39 is 0 Å². The number of hydrogen-bond donors (Lipinski definition) is 3.